The minimum Gasteiger partial charge on any atom is -0.462 e. The number of amides is 1. The van der Waals surface area contributed by atoms with E-state index in [1.54, 1.807) is 0 Å². The lowest BCUT2D eigenvalue weighted by Crippen LogP contribution is -2.71. The number of hydrogen-bond acceptors (Lipinski definition) is 8. The molecule has 6 N–H and O–H groups in total. The van der Waals surface area contributed by atoms with Gasteiger partial charge in [0.25, 0.3) is 0 Å². The Morgan fingerprint density at radius 3 is 2.44 bits per heavy atom. The molecule has 0 aromatic rings. The topological polar surface area (TPSA) is 164 Å². The summed E-state index contributed by atoms with van der Waals surface area (Å²) in [7, 11) is 0. The molecule has 1 fully saturated rings. The minimum absolute atomic E-state index is 0.193. The summed E-state index contributed by atoms with van der Waals surface area (Å²) in [5.41, 5.74) is 5.45. The van der Waals surface area contributed by atoms with Crippen LogP contribution < -0.4 is 11.1 Å². The summed E-state index contributed by atoms with van der Waals surface area (Å²) in [5, 5.41) is 31.2. The fourth-order valence-corrected chi connectivity index (χ4v) is 2.71. The number of esters is 1. The number of carbonyl (C=O) groups is 2. The highest BCUT2D eigenvalue weighted by Crippen LogP contribution is 2.38. The number of amidine groups is 1. The fourth-order valence-electron chi connectivity index (χ4n) is 2.71. The van der Waals surface area contributed by atoms with E-state index in [-0.39, 0.29) is 12.4 Å². The van der Waals surface area contributed by atoms with Crippen LogP contribution in [-0.4, -0.2) is 88.7 Å². The molecule has 10 nitrogen and oxygen atoms in total. The molecule has 0 radical (unpaired) electrons. The average Bonchev–Trinajstić information content (AvgIpc) is 2.59. The van der Waals surface area contributed by atoms with E-state index >= 15 is 4.39 Å². The molecule has 156 valence electrons. The van der Waals surface area contributed by atoms with Gasteiger partial charge in [-0.1, -0.05) is 0 Å². The van der Waals surface area contributed by atoms with E-state index in [1.165, 1.54) is 13.8 Å². The van der Waals surface area contributed by atoms with Gasteiger partial charge in [0.05, 0.1) is 25.1 Å². The summed E-state index contributed by atoms with van der Waals surface area (Å²) >= 11 is 0. The number of alkyl halides is 2. The number of aliphatic imine (C=N–C) groups is 1. The highest BCUT2D eigenvalue weighted by atomic mass is 19.2. The molecule has 1 aliphatic rings. The van der Waals surface area contributed by atoms with Crippen LogP contribution in [0.2, 0.25) is 0 Å². The maximum absolute atomic E-state index is 15.2. The quantitative estimate of drug-likeness (QED) is 0.186. The molecule has 0 bridgehead atoms. The second kappa shape index (κ2) is 9.35. The molecule has 0 aromatic heterocycles. The predicted molar refractivity (Wildman–Crippen MR) is 88.0 cm³/mol. The van der Waals surface area contributed by atoms with Gasteiger partial charge in [-0.3, -0.25) is 9.79 Å². The van der Waals surface area contributed by atoms with Crippen molar-refractivity contribution < 1.29 is 43.2 Å². The number of rotatable bonds is 7. The van der Waals surface area contributed by atoms with E-state index in [9.17, 15) is 24.2 Å². The summed E-state index contributed by atoms with van der Waals surface area (Å²) < 4.78 is 39.5. The van der Waals surface area contributed by atoms with Gasteiger partial charge >= 0.3 is 11.8 Å². The van der Waals surface area contributed by atoms with Gasteiger partial charge in [0.1, 0.15) is 24.4 Å². The third kappa shape index (κ3) is 5.09. The van der Waals surface area contributed by atoms with E-state index in [0.717, 1.165) is 6.92 Å². The number of aliphatic hydroxyl groups is 3. The molecule has 0 saturated carbocycles. The monoisotopic (exact) mass is 397 g/mol. The third-order valence-electron chi connectivity index (χ3n) is 3.88. The van der Waals surface area contributed by atoms with Crippen LogP contribution in [0, 0.1) is 0 Å². The van der Waals surface area contributed by atoms with E-state index < -0.39 is 60.9 Å². The molecule has 0 aliphatic carbocycles. The van der Waals surface area contributed by atoms with Gasteiger partial charge < -0.3 is 35.8 Å². The molecule has 7 atom stereocenters. The lowest BCUT2D eigenvalue weighted by atomic mass is 9.86. The van der Waals surface area contributed by atoms with Gasteiger partial charge in [0.2, 0.25) is 5.91 Å². The van der Waals surface area contributed by atoms with Crippen LogP contribution in [0.3, 0.4) is 0 Å². The summed E-state index contributed by atoms with van der Waals surface area (Å²) in [6.45, 7) is 2.46. The Labute approximate surface area is 154 Å². The van der Waals surface area contributed by atoms with Crippen molar-refractivity contribution in [1.29, 1.82) is 0 Å². The van der Waals surface area contributed by atoms with Crippen molar-refractivity contribution in [3.8, 4) is 0 Å². The molecule has 0 aromatic carbocycles. The smallest absolute Gasteiger partial charge is 0.375 e. The average molecular weight is 397 g/mol. The highest BCUT2D eigenvalue weighted by Gasteiger charge is 2.63. The Morgan fingerprint density at radius 2 is 2.00 bits per heavy atom. The number of aliphatic hydroxyl groups excluding tert-OH is 3. The minimum atomic E-state index is -3.69. The molecule has 1 aliphatic heterocycles. The van der Waals surface area contributed by atoms with E-state index in [2.05, 4.69) is 15.0 Å². The molecule has 12 heteroatoms. The number of hydrogen-bond donors (Lipinski definition) is 5. The third-order valence-corrected chi connectivity index (χ3v) is 3.88. The second-order valence-electron chi connectivity index (χ2n) is 6.08. The largest absolute Gasteiger partial charge is 0.462 e. The molecule has 1 rings (SSSR count). The van der Waals surface area contributed by atoms with Crippen molar-refractivity contribution in [3.63, 3.8) is 0 Å². The maximum atomic E-state index is 15.2. The summed E-state index contributed by atoms with van der Waals surface area (Å²) in [6, 6.07) is -3.29. The first-order valence-corrected chi connectivity index (χ1v) is 8.21. The highest BCUT2D eigenvalue weighted by molar-refractivity contribution is 5.80. The second-order valence-corrected chi connectivity index (χ2v) is 6.08. The fraction of sp³-hybridized carbons (Fsp3) is 0.800. The van der Waals surface area contributed by atoms with Crippen LogP contribution in [-0.2, 0) is 19.1 Å². The standard InChI is InChI=1S/C15H25F2N3O7/c1-4-26-14(25)15(17)13(16)10(19-6(2)18)9(20-7(3)22)12(27-15)11(24)8(23)5-21/h8-13,21,23-24H,4-5H2,1-3H3,(H2,18,19)(H,20,22)/t8-,9-,10?,11-,12?,13+,15-/m1/s1. The van der Waals surface area contributed by atoms with Crippen molar-refractivity contribution in [2.24, 2.45) is 10.7 Å². The molecular formula is C15H25F2N3O7. The molecule has 1 saturated heterocycles. The van der Waals surface area contributed by atoms with Crippen molar-refractivity contribution in [3.05, 3.63) is 0 Å². The Balaban J connectivity index is 3.47. The van der Waals surface area contributed by atoms with E-state index in [1.807, 2.05) is 0 Å². The molecule has 0 spiro atoms. The zero-order chi connectivity index (χ0) is 20.9. The van der Waals surface area contributed by atoms with Crippen LogP contribution in [0.4, 0.5) is 8.78 Å². The van der Waals surface area contributed by atoms with Gasteiger partial charge in [0.15, 0.2) is 6.17 Å². The zero-order valence-electron chi connectivity index (χ0n) is 15.1. The first kappa shape index (κ1) is 23.1. The molecular weight excluding hydrogens is 372 g/mol. The summed E-state index contributed by atoms with van der Waals surface area (Å²) in [5.74, 6) is -6.29. The number of nitrogens with zero attached hydrogens (tertiary/aromatic N) is 1. The SMILES string of the molecule is CCOC(=O)[C@]1(F)OC([C@H](O)[C@H](O)CO)[C@H](NC(C)=O)C(N=C(C)N)[C@@H]1F. The first-order valence-electron chi connectivity index (χ1n) is 8.21. The number of carbonyl (C=O) groups excluding carboxylic acids is 2. The number of halogens is 2. The van der Waals surface area contributed by atoms with Crippen molar-refractivity contribution in [2.45, 2.75) is 63.2 Å². The number of nitrogens with one attached hydrogen (secondary N) is 1. The lowest BCUT2D eigenvalue weighted by Gasteiger charge is -2.46. The van der Waals surface area contributed by atoms with Crippen LogP contribution in [0.1, 0.15) is 20.8 Å². The van der Waals surface area contributed by atoms with Crippen molar-refractivity contribution in [2.75, 3.05) is 13.2 Å². The van der Waals surface area contributed by atoms with Crippen molar-refractivity contribution >= 4 is 17.7 Å². The molecule has 27 heavy (non-hydrogen) atoms. The predicted octanol–water partition coefficient (Wildman–Crippen LogP) is -2.08. The van der Waals surface area contributed by atoms with E-state index in [0.29, 0.717) is 0 Å². The van der Waals surface area contributed by atoms with Gasteiger partial charge in [-0.2, -0.15) is 4.39 Å². The summed E-state index contributed by atoms with van der Waals surface area (Å²) in [6.07, 6.45) is -8.44. The molecule has 1 amide bonds. The van der Waals surface area contributed by atoms with E-state index in [4.69, 9.17) is 15.6 Å². The zero-order valence-corrected chi connectivity index (χ0v) is 15.1. The lowest BCUT2D eigenvalue weighted by molar-refractivity contribution is -0.278. The molecule has 1 heterocycles. The van der Waals surface area contributed by atoms with Crippen LogP contribution in [0.25, 0.3) is 0 Å². The van der Waals surface area contributed by atoms with Crippen LogP contribution in [0.5, 0.6) is 0 Å². The number of ether oxygens (including phenoxy) is 2. The maximum Gasteiger partial charge on any atom is 0.375 e. The Hall–Kier alpha value is -1.89. The Morgan fingerprint density at radius 1 is 1.41 bits per heavy atom. The first-order chi connectivity index (χ1) is 12.5. The normalized spacial score (nSPS) is 33.9. The van der Waals surface area contributed by atoms with Crippen LogP contribution >= 0.6 is 0 Å². The number of nitrogens with two attached hydrogens (primary N) is 1. The van der Waals surface area contributed by atoms with Crippen LogP contribution in [0.15, 0.2) is 4.99 Å². The van der Waals surface area contributed by atoms with Gasteiger partial charge in [-0.05, 0) is 13.8 Å². The molecule has 2 unspecified atom stereocenters. The van der Waals surface area contributed by atoms with Gasteiger partial charge in [-0.25, -0.2) is 9.18 Å². The van der Waals surface area contributed by atoms with Crippen molar-refractivity contribution in [1.82, 2.24) is 5.32 Å². The van der Waals surface area contributed by atoms with Gasteiger partial charge in [0, 0.05) is 6.92 Å². The Bertz CT molecular complexity index is 576. The van der Waals surface area contributed by atoms with Gasteiger partial charge in [-0.15, -0.1) is 0 Å². The Kier molecular flexibility index (Phi) is 8.02. The summed E-state index contributed by atoms with van der Waals surface area (Å²) in [4.78, 5) is 27.2.